The van der Waals surface area contributed by atoms with Crippen LogP contribution in [0, 0.1) is 0 Å². The monoisotopic (exact) mass is 484 g/mol. The van der Waals surface area contributed by atoms with Gasteiger partial charge in [-0.25, -0.2) is 9.78 Å². The highest BCUT2D eigenvalue weighted by atomic mass is 19.4. The number of hydrogen-bond acceptors (Lipinski definition) is 6. The fourth-order valence-corrected chi connectivity index (χ4v) is 4.16. The second-order valence-electron chi connectivity index (χ2n) is 8.54. The van der Waals surface area contributed by atoms with Crippen molar-refractivity contribution < 1.29 is 22.7 Å². The Morgan fingerprint density at radius 1 is 1.09 bits per heavy atom. The molecule has 6 nitrogen and oxygen atoms in total. The summed E-state index contributed by atoms with van der Waals surface area (Å²) in [5.41, 5.74) is 3.47. The molecule has 1 atom stereocenters. The zero-order valence-corrected chi connectivity index (χ0v) is 19.8. The minimum atomic E-state index is -4.36. The Balaban J connectivity index is 1.58. The van der Waals surface area contributed by atoms with Gasteiger partial charge in [-0.2, -0.15) is 13.2 Å². The number of fused-ring (bicyclic) bond motifs is 1. The maximum absolute atomic E-state index is 13.0. The summed E-state index contributed by atoms with van der Waals surface area (Å²) in [5, 5.41) is 3.47. The summed E-state index contributed by atoms with van der Waals surface area (Å²) < 4.78 is 43.6. The molecule has 0 spiro atoms. The SMILES string of the molecule is COC(=O)c1ccc([C@H](C)Nc2nccc3c2N(Cc2ccc(C(F)(F)F)cc2)CCN3C)cc1. The molecule has 3 aromatic rings. The van der Waals surface area contributed by atoms with E-state index in [0.29, 0.717) is 24.5 Å². The number of halogens is 3. The molecule has 0 bridgehead atoms. The fourth-order valence-electron chi connectivity index (χ4n) is 4.16. The number of carbonyl (C=O) groups is 1. The van der Waals surface area contributed by atoms with Crippen molar-refractivity contribution in [2.45, 2.75) is 25.7 Å². The van der Waals surface area contributed by atoms with Crippen LogP contribution in [0.25, 0.3) is 0 Å². The summed E-state index contributed by atoms with van der Waals surface area (Å²) in [6, 6.07) is 14.3. The van der Waals surface area contributed by atoms with Gasteiger partial charge in [0.25, 0.3) is 0 Å². The van der Waals surface area contributed by atoms with Gasteiger partial charge in [0, 0.05) is 32.9 Å². The van der Waals surface area contributed by atoms with E-state index in [1.807, 2.05) is 32.2 Å². The molecule has 1 aromatic heterocycles. The van der Waals surface area contributed by atoms with Crippen LogP contribution in [0.1, 0.15) is 40.0 Å². The second-order valence-corrected chi connectivity index (χ2v) is 8.54. The first kappa shape index (κ1) is 24.4. The van der Waals surface area contributed by atoms with Gasteiger partial charge in [0.2, 0.25) is 0 Å². The Hall–Kier alpha value is -3.75. The van der Waals surface area contributed by atoms with Crippen LogP contribution in [-0.4, -0.2) is 38.2 Å². The molecule has 4 rings (SSSR count). The van der Waals surface area contributed by atoms with Crippen LogP contribution in [0.2, 0.25) is 0 Å². The molecule has 9 heteroatoms. The van der Waals surface area contributed by atoms with Crippen LogP contribution in [0.15, 0.2) is 60.8 Å². The van der Waals surface area contributed by atoms with Gasteiger partial charge in [-0.1, -0.05) is 24.3 Å². The van der Waals surface area contributed by atoms with Gasteiger partial charge in [0.05, 0.1) is 30.0 Å². The van der Waals surface area contributed by atoms with Crippen LogP contribution >= 0.6 is 0 Å². The van der Waals surface area contributed by atoms with E-state index in [1.165, 1.54) is 19.2 Å². The molecule has 0 unspecified atom stereocenters. The molecule has 0 amide bonds. The molecule has 35 heavy (non-hydrogen) atoms. The van der Waals surface area contributed by atoms with Gasteiger partial charge >= 0.3 is 12.1 Å². The second kappa shape index (κ2) is 9.85. The molecule has 0 saturated carbocycles. The third kappa shape index (κ3) is 5.34. The number of ether oxygens (including phenoxy) is 1. The number of anilines is 3. The number of esters is 1. The highest BCUT2D eigenvalue weighted by Gasteiger charge is 2.30. The van der Waals surface area contributed by atoms with E-state index in [4.69, 9.17) is 4.74 Å². The molecule has 1 N–H and O–H groups in total. The fraction of sp³-hybridized carbons (Fsp3) is 0.308. The first-order valence-electron chi connectivity index (χ1n) is 11.2. The number of likely N-dealkylation sites (N-methyl/N-ethyl adjacent to an activating group) is 1. The van der Waals surface area contributed by atoms with E-state index in [1.54, 1.807) is 18.3 Å². The zero-order valence-electron chi connectivity index (χ0n) is 19.8. The molecular formula is C26H27F3N4O2. The Labute approximate surface area is 202 Å². The van der Waals surface area contributed by atoms with E-state index in [9.17, 15) is 18.0 Å². The third-order valence-electron chi connectivity index (χ3n) is 6.18. The predicted molar refractivity (Wildman–Crippen MR) is 130 cm³/mol. The number of rotatable bonds is 6. The van der Waals surface area contributed by atoms with E-state index < -0.39 is 17.7 Å². The molecule has 0 aliphatic carbocycles. The maximum Gasteiger partial charge on any atom is 0.416 e. The van der Waals surface area contributed by atoms with Crippen LogP contribution in [-0.2, 0) is 17.5 Å². The first-order chi connectivity index (χ1) is 16.7. The number of methoxy groups -OCH3 is 1. The van der Waals surface area contributed by atoms with Gasteiger partial charge in [0.15, 0.2) is 5.82 Å². The molecule has 184 valence electrons. The molecule has 0 radical (unpaired) electrons. The smallest absolute Gasteiger partial charge is 0.416 e. The lowest BCUT2D eigenvalue weighted by molar-refractivity contribution is -0.137. The third-order valence-corrected chi connectivity index (χ3v) is 6.18. The zero-order chi connectivity index (χ0) is 25.2. The van der Waals surface area contributed by atoms with Crippen LogP contribution in [0.4, 0.5) is 30.4 Å². The van der Waals surface area contributed by atoms with Crippen molar-refractivity contribution in [3.63, 3.8) is 0 Å². The van der Waals surface area contributed by atoms with Crippen molar-refractivity contribution in [2.24, 2.45) is 0 Å². The standard InChI is InChI=1S/C26H27F3N4O2/c1-17(19-6-8-20(9-7-19)25(34)35-3)31-24-23-22(12-13-30-24)32(2)14-15-33(23)16-18-4-10-21(11-5-18)26(27,28)29/h4-13,17H,14-16H2,1-3H3,(H,30,31)/t17-/m0/s1. The number of carbonyl (C=O) groups excluding carboxylic acids is 1. The topological polar surface area (TPSA) is 57.7 Å². The summed E-state index contributed by atoms with van der Waals surface area (Å²) in [4.78, 5) is 20.6. The van der Waals surface area contributed by atoms with Crippen LogP contribution in [0.3, 0.4) is 0 Å². The van der Waals surface area contributed by atoms with Gasteiger partial charge < -0.3 is 19.9 Å². The number of benzene rings is 2. The van der Waals surface area contributed by atoms with Crippen molar-refractivity contribution in [1.29, 1.82) is 0 Å². The van der Waals surface area contributed by atoms with Gasteiger partial charge in [0.1, 0.15) is 5.69 Å². The summed E-state index contributed by atoms with van der Waals surface area (Å²) in [7, 11) is 3.35. The number of alkyl halides is 3. The molecule has 1 aliphatic heterocycles. The Morgan fingerprint density at radius 3 is 2.40 bits per heavy atom. The minimum absolute atomic E-state index is 0.110. The highest BCUT2D eigenvalue weighted by Crippen LogP contribution is 2.39. The predicted octanol–water partition coefficient (Wildman–Crippen LogP) is 5.52. The highest BCUT2D eigenvalue weighted by molar-refractivity contribution is 5.89. The van der Waals surface area contributed by atoms with Crippen LogP contribution in [0.5, 0.6) is 0 Å². The normalized spacial score (nSPS) is 14.3. The Bertz CT molecular complexity index is 1180. The molecule has 2 heterocycles. The number of nitrogens with zero attached hydrogens (tertiary/aromatic N) is 3. The summed E-state index contributed by atoms with van der Waals surface area (Å²) >= 11 is 0. The Kier molecular flexibility index (Phi) is 6.86. The summed E-state index contributed by atoms with van der Waals surface area (Å²) in [6.45, 7) is 3.94. The molecule has 0 fully saturated rings. The number of hydrogen-bond donors (Lipinski definition) is 1. The van der Waals surface area contributed by atoms with Gasteiger partial charge in [-0.15, -0.1) is 0 Å². The molecule has 0 saturated heterocycles. The summed E-state index contributed by atoms with van der Waals surface area (Å²) in [5.74, 6) is 0.295. The lowest BCUT2D eigenvalue weighted by atomic mass is 10.1. The number of aromatic nitrogens is 1. The van der Waals surface area contributed by atoms with Crippen molar-refractivity contribution in [1.82, 2.24) is 4.98 Å². The van der Waals surface area contributed by atoms with Gasteiger partial charge in [-0.05, 0) is 48.4 Å². The van der Waals surface area contributed by atoms with Crippen LogP contribution < -0.4 is 15.1 Å². The van der Waals surface area contributed by atoms with E-state index in [-0.39, 0.29) is 6.04 Å². The largest absolute Gasteiger partial charge is 0.465 e. The van der Waals surface area contributed by atoms with Crippen molar-refractivity contribution in [3.8, 4) is 0 Å². The summed E-state index contributed by atoms with van der Waals surface area (Å²) in [6.07, 6.45) is -2.61. The first-order valence-corrected chi connectivity index (χ1v) is 11.2. The maximum atomic E-state index is 13.0. The average Bonchev–Trinajstić information content (AvgIpc) is 2.85. The average molecular weight is 485 g/mol. The lowest BCUT2D eigenvalue weighted by Crippen LogP contribution is -2.39. The number of nitrogens with one attached hydrogen (secondary N) is 1. The van der Waals surface area contributed by atoms with Crippen molar-refractivity contribution in [2.75, 3.05) is 42.4 Å². The van der Waals surface area contributed by atoms with Crippen molar-refractivity contribution >= 4 is 23.2 Å². The van der Waals surface area contributed by atoms with E-state index in [0.717, 1.165) is 41.2 Å². The quantitative estimate of drug-likeness (QED) is 0.465. The number of pyridine rings is 1. The molecular weight excluding hydrogens is 457 g/mol. The Morgan fingerprint density at radius 2 is 1.77 bits per heavy atom. The minimum Gasteiger partial charge on any atom is -0.465 e. The van der Waals surface area contributed by atoms with E-state index in [2.05, 4.69) is 20.1 Å². The molecule has 2 aromatic carbocycles. The molecule has 1 aliphatic rings. The van der Waals surface area contributed by atoms with E-state index >= 15 is 0 Å². The lowest BCUT2D eigenvalue weighted by Gasteiger charge is -2.38. The van der Waals surface area contributed by atoms with Crippen molar-refractivity contribution in [3.05, 3.63) is 83.0 Å². The van der Waals surface area contributed by atoms with Gasteiger partial charge in [-0.3, -0.25) is 0 Å².